The molecule has 1 saturated heterocycles. The van der Waals surface area contributed by atoms with Gasteiger partial charge in [0.05, 0.1) is 0 Å². The zero-order chi connectivity index (χ0) is 13.2. The van der Waals surface area contributed by atoms with Gasteiger partial charge in [-0.05, 0) is 44.7 Å². The van der Waals surface area contributed by atoms with Crippen molar-refractivity contribution in [3.8, 4) is 0 Å². The van der Waals surface area contributed by atoms with E-state index in [9.17, 15) is 0 Å². The van der Waals surface area contributed by atoms with E-state index in [0.717, 1.165) is 12.5 Å². The lowest BCUT2D eigenvalue weighted by Gasteiger charge is -2.45. The molecule has 1 aliphatic heterocycles. The molecule has 0 spiro atoms. The molecule has 1 atom stereocenters. The largest absolute Gasteiger partial charge is 0.330 e. The van der Waals surface area contributed by atoms with Gasteiger partial charge in [0.2, 0.25) is 0 Å². The third kappa shape index (κ3) is 3.25. The molecule has 2 rings (SSSR count). The summed E-state index contributed by atoms with van der Waals surface area (Å²) in [6.07, 6.45) is 5.43. The van der Waals surface area contributed by atoms with E-state index in [4.69, 9.17) is 5.73 Å². The van der Waals surface area contributed by atoms with Crippen LogP contribution in [0.15, 0.2) is 0 Å². The van der Waals surface area contributed by atoms with E-state index in [0.29, 0.717) is 11.5 Å². The van der Waals surface area contributed by atoms with E-state index in [1.54, 1.807) is 0 Å². The zero-order valence-corrected chi connectivity index (χ0v) is 12.5. The minimum absolute atomic E-state index is 0.419. The van der Waals surface area contributed by atoms with Crippen LogP contribution in [0.4, 0.5) is 0 Å². The van der Waals surface area contributed by atoms with Crippen LogP contribution >= 0.6 is 0 Å². The highest BCUT2D eigenvalue weighted by atomic mass is 15.3. The summed E-state index contributed by atoms with van der Waals surface area (Å²) in [7, 11) is 2.24. The van der Waals surface area contributed by atoms with Crippen molar-refractivity contribution in [1.82, 2.24) is 9.80 Å². The number of nitrogens with zero attached hydrogens (tertiary/aromatic N) is 2. The Bertz CT molecular complexity index is 258. The smallest absolute Gasteiger partial charge is 0.0192 e. The lowest BCUT2D eigenvalue weighted by atomic mass is 9.70. The predicted molar refractivity (Wildman–Crippen MR) is 77.7 cm³/mol. The Labute approximate surface area is 113 Å². The van der Waals surface area contributed by atoms with Gasteiger partial charge in [0.1, 0.15) is 0 Å². The van der Waals surface area contributed by atoms with Crippen LogP contribution in [0.1, 0.15) is 39.5 Å². The standard InChI is InChI=1S/C15H31N3/c1-13-4-6-15(11-16,7-5-13)12-18-9-8-17(3)14(2)10-18/h13-14H,4-12,16H2,1-3H3. The van der Waals surface area contributed by atoms with Gasteiger partial charge in [-0.3, -0.25) is 4.90 Å². The number of piperazine rings is 1. The van der Waals surface area contributed by atoms with Crippen LogP contribution < -0.4 is 5.73 Å². The number of rotatable bonds is 3. The van der Waals surface area contributed by atoms with Gasteiger partial charge in [-0.25, -0.2) is 0 Å². The minimum Gasteiger partial charge on any atom is -0.330 e. The predicted octanol–water partition coefficient (Wildman–Crippen LogP) is 1.78. The Morgan fingerprint density at radius 2 is 1.83 bits per heavy atom. The molecule has 1 unspecified atom stereocenters. The molecule has 0 aromatic rings. The summed E-state index contributed by atoms with van der Waals surface area (Å²) in [5.41, 5.74) is 6.54. The Hall–Kier alpha value is -0.120. The van der Waals surface area contributed by atoms with Crippen molar-refractivity contribution in [2.75, 3.05) is 39.8 Å². The molecule has 106 valence electrons. The van der Waals surface area contributed by atoms with Gasteiger partial charge in [0.25, 0.3) is 0 Å². The zero-order valence-electron chi connectivity index (χ0n) is 12.5. The SMILES string of the molecule is CC1CCC(CN)(CN2CCN(C)C(C)C2)CC1. The fraction of sp³-hybridized carbons (Fsp3) is 1.00. The molecule has 0 aromatic carbocycles. The van der Waals surface area contributed by atoms with E-state index >= 15 is 0 Å². The van der Waals surface area contributed by atoms with Gasteiger partial charge in [0.15, 0.2) is 0 Å². The van der Waals surface area contributed by atoms with E-state index in [-0.39, 0.29) is 0 Å². The molecule has 0 amide bonds. The van der Waals surface area contributed by atoms with Gasteiger partial charge in [-0.2, -0.15) is 0 Å². The van der Waals surface area contributed by atoms with Crippen molar-refractivity contribution in [2.24, 2.45) is 17.1 Å². The normalized spacial score (nSPS) is 40.0. The highest BCUT2D eigenvalue weighted by Gasteiger charge is 2.35. The number of likely N-dealkylation sites (N-methyl/N-ethyl adjacent to an activating group) is 1. The van der Waals surface area contributed by atoms with Crippen LogP contribution in [0.2, 0.25) is 0 Å². The molecule has 1 heterocycles. The quantitative estimate of drug-likeness (QED) is 0.832. The van der Waals surface area contributed by atoms with Gasteiger partial charge in [0, 0.05) is 32.2 Å². The molecule has 2 aliphatic rings. The molecule has 1 saturated carbocycles. The summed E-state index contributed by atoms with van der Waals surface area (Å²) in [4.78, 5) is 5.13. The summed E-state index contributed by atoms with van der Waals surface area (Å²) in [5.74, 6) is 0.913. The highest BCUT2D eigenvalue weighted by molar-refractivity contribution is 4.90. The van der Waals surface area contributed by atoms with Gasteiger partial charge in [-0.15, -0.1) is 0 Å². The average molecular weight is 253 g/mol. The van der Waals surface area contributed by atoms with Crippen molar-refractivity contribution in [2.45, 2.75) is 45.6 Å². The van der Waals surface area contributed by atoms with Gasteiger partial charge in [-0.1, -0.05) is 19.8 Å². The lowest BCUT2D eigenvalue weighted by Crippen LogP contribution is -2.54. The fourth-order valence-corrected chi connectivity index (χ4v) is 3.54. The molecule has 0 radical (unpaired) electrons. The second kappa shape index (κ2) is 5.89. The van der Waals surface area contributed by atoms with Crippen LogP contribution in [0.5, 0.6) is 0 Å². The molecule has 0 bridgehead atoms. The van der Waals surface area contributed by atoms with E-state index < -0.39 is 0 Å². The number of hydrogen-bond acceptors (Lipinski definition) is 3. The molecule has 2 fully saturated rings. The molecule has 2 N–H and O–H groups in total. The van der Waals surface area contributed by atoms with Crippen molar-refractivity contribution in [3.05, 3.63) is 0 Å². The molecule has 3 nitrogen and oxygen atoms in total. The maximum Gasteiger partial charge on any atom is 0.0192 e. The third-order valence-corrected chi connectivity index (χ3v) is 5.37. The first-order valence-electron chi connectivity index (χ1n) is 7.67. The molecule has 1 aliphatic carbocycles. The van der Waals surface area contributed by atoms with E-state index in [1.807, 2.05) is 0 Å². The molecule has 0 aromatic heterocycles. The van der Waals surface area contributed by atoms with E-state index in [1.165, 1.54) is 51.9 Å². The van der Waals surface area contributed by atoms with Crippen molar-refractivity contribution < 1.29 is 0 Å². The summed E-state index contributed by atoms with van der Waals surface area (Å²) in [6, 6.07) is 0.691. The fourth-order valence-electron chi connectivity index (χ4n) is 3.54. The molecular formula is C15H31N3. The van der Waals surface area contributed by atoms with Gasteiger partial charge >= 0.3 is 0 Å². The van der Waals surface area contributed by atoms with Crippen LogP contribution in [-0.4, -0.2) is 55.6 Å². The molecule has 3 heteroatoms. The monoisotopic (exact) mass is 253 g/mol. The minimum atomic E-state index is 0.419. The second-order valence-corrected chi connectivity index (χ2v) is 6.95. The Kier molecular flexibility index (Phi) is 4.68. The van der Waals surface area contributed by atoms with Crippen LogP contribution in [0.3, 0.4) is 0 Å². The first-order valence-corrected chi connectivity index (χ1v) is 7.67. The van der Waals surface area contributed by atoms with Crippen LogP contribution in [0, 0.1) is 11.3 Å². The molecule has 18 heavy (non-hydrogen) atoms. The maximum absolute atomic E-state index is 6.13. The Morgan fingerprint density at radius 3 is 2.39 bits per heavy atom. The summed E-state index contributed by atoms with van der Waals surface area (Å²) in [5, 5.41) is 0. The average Bonchev–Trinajstić information content (AvgIpc) is 2.37. The lowest BCUT2D eigenvalue weighted by molar-refractivity contribution is 0.0441. The first kappa shape index (κ1) is 14.3. The van der Waals surface area contributed by atoms with E-state index in [2.05, 4.69) is 30.7 Å². The third-order valence-electron chi connectivity index (χ3n) is 5.37. The summed E-state index contributed by atoms with van der Waals surface area (Å²) < 4.78 is 0. The second-order valence-electron chi connectivity index (χ2n) is 6.95. The summed E-state index contributed by atoms with van der Waals surface area (Å²) in [6.45, 7) is 10.5. The number of nitrogens with two attached hydrogens (primary N) is 1. The van der Waals surface area contributed by atoms with Gasteiger partial charge < -0.3 is 10.6 Å². The Morgan fingerprint density at radius 1 is 1.17 bits per heavy atom. The topological polar surface area (TPSA) is 32.5 Å². The maximum atomic E-state index is 6.13. The summed E-state index contributed by atoms with van der Waals surface area (Å²) >= 11 is 0. The number of hydrogen-bond donors (Lipinski definition) is 1. The van der Waals surface area contributed by atoms with Crippen LogP contribution in [-0.2, 0) is 0 Å². The Balaban J connectivity index is 1.90. The van der Waals surface area contributed by atoms with Crippen molar-refractivity contribution >= 4 is 0 Å². The van der Waals surface area contributed by atoms with Crippen molar-refractivity contribution in [1.29, 1.82) is 0 Å². The highest BCUT2D eigenvalue weighted by Crippen LogP contribution is 2.39. The molecular weight excluding hydrogens is 222 g/mol. The van der Waals surface area contributed by atoms with Crippen molar-refractivity contribution in [3.63, 3.8) is 0 Å². The van der Waals surface area contributed by atoms with Crippen LogP contribution in [0.25, 0.3) is 0 Å². The first-order chi connectivity index (χ1) is 8.54.